The summed E-state index contributed by atoms with van der Waals surface area (Å²) < 4.78 is 7.79. The number of aromatic nitrogens is 1. The number of rotatable bonds is 5. The molecule has 2 aliphatic rings. The van der Waals surface area contributed by atoms with Gasteiger partial charge in [0.05, 0.1) is 18.0 Å². The van der Waals surface area contributed by atoms with Crippen LogP contribution in [0.4, 0.5) is 0 Å². The van der Waals surface area contributed by atoms with E-state index in [1.54, 1.807) is 24.5 Å². The van der Waals surface area contributed by atoms with E-state index in [-0.39, 0.29) is 11.6 Å². The Bertz CT molecular complexity index is 1220. The number of pyridine rings is 1. The summed E-state index contributed by atoms with van der Waals surface area (Å²) in [4.78, 5) is 27.0. The second kappa shape index (κ2) is 7.25. The lowest BCUT2D eigenvalue weighted by Crippen LogP contribution is -2.30. The number of fused-ring (bicyclic) bond motifs is 2. The highest BCUT2D eigenvalue weighted by Gasteiger charge is 2.29. The Morgan fingerprint density at radius 2 is 2.10 bits per heavy atom. The van der Waals surface area contributed by atoms with Crippen molar-refractivity contribution in [3.05, 3.63) is 50.6 Å². The SMILES string of the molecule is CNC1CCc2sc(-c3ccc4c(=O)c(C(=O)O)cn(C5CC5)c4c3OC)cc2C1. The van der Waals surface area contributed by atoms with E-state index in [4.69, 9.17) is 4.74 Å². The molecule has 1 atom stereocenters. The quantitative estimate of drug-likeness (QED) is 0.650. The van der Waals surface area contributed by atoms with E-state index < -0.39 is 11.4 Å². The van der Waals surface area contributed by atoms with Gasteiger partial charge in [-0.2, -0.15) is 0 Å². The fourth-order valence-electron chi connectivity index (χ4n) is 4.51. The van der Waals surface area contributed by atoms with Crippen molar-refractivity contribution in [1.29, 1.82) is 0 Å². The fraction of sp³-hybridized carbons (Fsp3) is 0.391. The van der Waals surface area contributed by atoms with Gasteiger partial charge in [-0.1, -0.05) is 0 Å². The Morgan fingerprint density at radius 3 is 2.77 bits per heavy atom. The van der Waals surface area contributed by atoms with E-state index in [1.165, 1.54) is 16.6 Å². The summed E-state index contributed by atoms with van der Waals surface area (Å²) >= 11 is 1.79. The van der Waals surface area contributed by atoms with Crippen LogP contribution in [-0.4, -0.2) is 35.8 Å². The largest absolute Gasteiger partial charge is 0.494 e. The molecule has 5 rings (SSSR count). The maximum atomic E-state index is 12.9. The number of benzene rings is 1. The average molecular weight is 425 g/mol. The highest BCUT2D eigenvalue weighted by Crippen LogP contribution is 2.45. The smallest absolute Gasteiger partial charge is 0.341 e. The zero-order valence-electron chi connectivity index (χ0n) is 17.0. The number of likely N-dealkylation sites (N-methyl/N-ethyl adjacent to an activating group) is 1. The minimum absolute atomic E-state index is 0.186. The highest BCUT2D eigenvalue weighted by atomic mass is 32.1. The number of carbonyl (C=O) groups is 1. The van der Waals surface area contributed by atoms with Crippen molar-refractivity contribution in [3.63, 3.8) is 0 Å². The lowest BCUT2D eigenvalue weighted by Gasteiger charge is -2.20. The Labute approximate surface area is 178 Å². The first-order valence-electron chi connectivity index (χ1n) is 10.3. The van der Waals surface area contributed by atoms with Gasteiger partial charge in [0.25, 0.3) is 0 Å². The topological polar surface area (TPSA) is 80.6 Å². The molecule has 0 spiro atoms. The van der Waals surface area contributed by atoms with E-state index in [9.17, 15) is 14.7 Å². The van der Waals surface area contributed by atoms with Crippen LogP contribution in [0.25, 0.3) is 21.3 Å². The van der Waals surface area contributed by atoms with Crippen molar-refractivity contribution in [2.24, 2.45) is 0 Å². The second-order valence-electron chi connectivity index (χ2n) is 8.15. The number of thiophene rings is 1. The standard InChI is InChI=1S/C23H24N2O4S/c1-24-13-3-8-18-12(9-13)10-19(30-18)15-6-7-16-20(22(15)29-2)25(14-4-5-14)11-17(21(16)26)23(27)28/h6-7,10-11,13-14,24H,3-5,8-9H2,1-2H3,(H,27,28). The van der Waals surface area contributed by atoms with E-state index in [0.29, 0.717) is 22.7 Å². The van der Waals surface area contributed by atoms with Gasteiger partial charge >= 0.3 is 5.97 Å². The molecular weight excluding hydrogens is 400 g/mol. The summed E-state index contributed by atoms with van der Waals surface area (Å²) in [7, 11) is 3.63. The van der Waals surface area contributed by atoms with Crippen molar-refractivity contribution >= 4 is 28.2 Å². The zero-order valence-corrected chi connectivity index (χ0v) is 17.8. The van der Waals surface area contributed by atoms with Crippen LogP contribution in [0, 0.1) is 0 Å². The lowest BCUT2D eigenvalue weighted by atomic mass is 9.94. The maximum Gasteiger partial charge on any atom is 0.341 e. The predicted molar refractivity (Wildman–Crippen MR) is 118 cm³/mol. The van der Waals surface area contributed by atoms with Crippen LogP contribution in [0.15, 0.2) is 29.2 Å². The number of nitrogens with zero attached hydrogens (tertiary/aromatic N) is 1. The molecule has 3 aromatic rings. The van der Waals surface area contributed by atoms with Crippen molar-refractivity contribution in [2.45, 2.75) is 44.2 Å². The summed E-state index contributed by atoms with van der Waals surface area (Å²) in [6.45, 7) is 0. The normalized spacial score (nSPS) is 18.4. The molecule has 1 saturated carbocycles. The van der Waals surface area contributed by atoms with Crippen molar-refractivity contribution in [3.8, 4) is 16.2 Å². The minimum Gasteiger partial charge on any atom is -0.494 e. The van der Waals surface area contributed by atoms with Crippen LogP contribution in [0.3, 0.4) is 0 Å². The van der Waals surface area contributed by atoms with Gasteiger partial charge in [-0.3, -0.25) is 4.79 Å². The number of hydrogen-bond acceptors (Lipinski definition) is 5. The van der Waals surface area contributed by atoms with Gasteiger partial charge < -0.3 is 19.7 Å². The van der Waals surface area contributed by atoms with Crippen LogP contribution < -0.4 is 15.5 Å². The first-order valence-corrected chi connectivity index (χ1v) is 11.1. The molecule has 1 unspecified atom stereocenters. The number of carboxylic acids is 1. The summed E-state index contributed by atoms with van der Waals surface area (Å²) in [5.74, 6) is -0.540. The molecule has 1 aromatic carbocycles. The predicted octanol–water partition coefficient (Wildman–Crippen LogP) is 3.85. The molecule has 0 bridgehead atoms. The molecule has 0 amide bonds. The van der Waals surface area contributed by atoms with Crippen LogP contribution in [0.1, 0.15) is 46.1 Å². The number of hydrogen-bond donors (Lipinski definition) is 2. The third kappa shape index (κ3) is 3.04. The third-order valence-corrected chi connectivity index (χ3v) is 7.55. The average Bonchev–Trinajstić information content (AvgIpc) is 3.50. The van der Waals surface area contributed by atoms with Gasteiger partial charge in [0.2, 0.25) is 5.43 Å². The molecule has 2 aromatic heterocycles. The second-order valence-corrected chi connectivity index (χ2v) is 9.28. The summed E-state index contributed by atoms with van der Waals surface area (Å²) in [6.07, 6.45) is 6.67. The summed E-state index contributed by atoms with van der Waals surface area (Å²) in [5.41, 5.74) is 2.40. The molecule has 156 valence electrons. The number of aromatic carboxylic acids is 1. The van der Waals surface area contributed by atoms with Gasteiger partial charge in [-0.15, -0.1) is 11.3 Å². The Kier molecular flexibility index (Phi) is 4.67. The molecule has 6 nitrogen and oxygen atoms in total. The van der Waals surface area contributed by atoms with Gasteiger partial charge in [-0.05, 0) is 62.9 Å². The maximum absolute atomic E-state index is 12.9. The first-order chi connectivity index (χ1) is 14.5. The Morgan fingerprint density at radius 1 is 1.30 bits per heavy atom. The number of methoxy groups -OCH3 is 1. The Hall–Kier alpha value is -2.64. The van der Waals surface area contributed by atoms with Crippen LogP contribution in [-0.2, 0) is 12.8 Å². The number of carboxylic acid groups (broad SMARTS) is 1. The molecule has 1 fully saturated rings. The first kappa shape index (κ1) is 19.3. The van der Waals surface area contributed by atoms with Crippen molar-refractivity contribution < 1.29 is 14.6 Å². The van der Waals surface area contributed by atoms with Crippen LogP contribution in [0.5, 0.6) is 5.75 Å². The zero-order chi connectivity index (χ0) is 21.0. The Balaban J connectivity index is 1.73. The number of nitrogens with one attached hydrogen (secondary N) is 1. The molecule has 0 saturated heterocycles. The van der Waals surface area contributed by atoms with E-state index in [2.05, 4.69) is 11.4 Å². The highest BCUT2D eigenvalue weighted by molar-refractivity contribution is 7.15. The fourth-order valence-corrected chi connectivity index (χ4v) is 5.75. The molecule has 30 heavy (non-hydrogen) atoms. The number of aryl methyl sites for hydroxylation is 1. The van der Waals surface area contributed by atoms with Crippen LogP contribution >= 0.6 is 11.3 Å². The van der Waals surface area contributed by atoms with Gasteiger partial charge in [0.15, 0.2) is 5.75 Å². The van der Waals surface area contributed by atoms with E-state index >= 15 is 0 Å². The minimum atomic E-state index is -1.19. The lowest BCUT2D eigenvalue weighted by molar-refractivity contribution is 0.0695. The van der Waals surface area contributed by atoms with Gasteiger partial charge in [0.1, 0.15) is 5.56 Å². The van der Waals surface area contributed by atoms with Crippen molar-refractivity contribution in [2.75, 3.05) is 14.2 Å². The molecule has 7 heteroatoms. The summed E-state index contributed by atoms with van der Waals surface area (Å²) in [6, 6.07) is 6.63. The molecule has 0 radical (unpaired) electrons. The molecule has 2 heterocycles. The monoisotopic (exact) mass is 424 g/mol. The van der Waals surface area contributed by atoms with E-state index in [1.807, 2.05) is 17.7 Å². The van der Waals surface area contributed by atoms with Gasteiger partial charge in [0, 0.05) is 33.6 Å². The van der Waals surface area contributed by atoms with Crippen molar-refractivity contribution in [1.82, 2.24) is 9.88 Å². The summed E-state index contributed by atoms with van der Waals surface area (Å²) in [5, 5.41) is 13.3. The molecule has 2 N–H and O–H groups in total. The number of ether oxygens (including phenoxy) is 1. The molecule has 0 aliphatic heterocycles. The molecule has 2 aliphatic carbocycles. The van der Waals surface area contributed by atoms with Crippen LogP contribution in [0.2, 0.25) is 0 Å². The van der Waals surface area contributed by atoms with Gasteiger partial charge in [-0.25, -0.2) is 4.79 Å². The third-order valence-electron chi connectivity index (χ3n) is 6.28. The van der Waals surface area contributed by atoms with E-state index in [0.717, 1.165) is 42.5 Å². The molecular formula is C23H24N2O4S.